The second-order valence-electron chi connectivity index (χ2n) is 2.82. The van der Waals surface area contributed by atoms with Crippen molar-refractivity contribution in [2.24, 2.45) is 0 Å². The fourth-order valence-electron chi connectivity index (χ4n) is 1.00. The Morgan fingerprint density at radius 2 is 1.71 bits per heavy atom. The highest BCUT2D eigenvalue weighted by Crippen LogP contribution is 2.09. The molecule has 0 heterocycles. The number of benzene rings is 1. The Bertz CT molecular complexity index is 343. The maximum atomic E-state index is 11.4. The smallest absolute Gasteiger partial charge is 0.303 e. The maximum absolute atomic E-state index is 11.4. The van der Waals surface area contributed by atoms with Crippen molar-refractivity contribution in [3.63, 3.8) is 0 Å². The minimum Gasteiger partial charge on any atom is -0.481 e. The van der Waals surface area contributed by atoms with Crippen molar-refractivity contribution in [1.29, 1.82) is 0 Å². The molecule has 0 aliphatic carbocycles. The second-order valence-corrected chi connectivity index (χ2v) is 4.07. The summed E-state index contributed by atoms with van der Waals surface area (Å²) < 4.78 is 1.05. The van der Waals surface area contributed by atoms with Crippen LogP contribution in [0.2, 0.25) is 0 Å². The van der Waals surface area contributed by atoms with Crippen molar-refractivity contribution in [1.82, 2.24) is 0 Å². The normalized spacial score (nSPS) is 9.79. The summed E-state index contributed by atoms with van der Waals surface area (Å²) in [5, 5.41) is 8.40. The van der Waals surface area contributed by atoms with Crippen LogP contribution in [0.3, 0.4) is 0 Å². The Morgan fingerprint density at radius 3 is 2.21 bits per heavy atom. The van der Waals surface area contributed by atoms with Gasteiger partial charge in [-0.3, -0.25) is 9.59 Å². The zero-order valence-corrected chi connectivity index (χ0v) is 9.52. The molecule has 1 aromatic carbocycles. The first kappa shape index (κ1) is 11.2. The predicted molar refractivity (Wildman–Crippen MR) is 60.4 cm³/mol. The zero-order valence-electron chi connectivity index (χ0n) is 7.37. The van der Waals surface area contributed by atoms with Gasteiger partial charge >= 0.3 is 5.97 Å². The Kier molecular flexibility index (Phi) is 4.06. The lowest BCUT2D eigenvalue weighted by Crippen LogP contribution is -2.03. The Hall–Kier alpha value is -0.910. The van der Waals surface area contributed by atoms with Crippen molar-refractivity contribution < 1.29 is 14.7 Å². The van der Waals surface area contributed by atoms with Crippen LogP contribution in [-0.4, -0.2) is 16.9 Å². The van der Waals surface area contributed by atoms with Crippen LogP contribution < -0.4 is 0 Å². The van der Waals surface area contributed by atoms with Crippen LogP contribution in [0.1, 0.15) is 23.2 Å². The van der Waals surface area contributed by atoms with Gasteiger partial charge in [0.05, 0.1) is 6.42 Å². The number of rotatable bonds is 4. The van der Waals surface area contributed by atoms with Gasteiger partial charge in [0.15, 0.2) is 5.78 Å². The number of ketones is 1. The average Bonchev–Trinajstić information content (AvgIpc) is 2.15. The molecule has 0 saturated heterocycles. The quantitative estimate of drug-likeness (QED) is 0.686. The number of carbonyl (C=O) groups is 2. The molecule has 3 nitrogen and oxygen atoms in total. The summed E-state index contributed by atoms with van der Waals surface area (Å²) in [6.45, 7) is 0. The number of halogens is 1. The summed E-state index contributed by atoms with van der Waals surface area (Å²) in [4.78, 5) is 21.6. The molecule has 0 spiro atoms. The molecule has 0 saturated carbocycles. The van der Waals surface area contributed by atoms with E-state index in [1.165, 1.54) is 0 Å². The SMILES string of the molecule is O=C(O)CCC(=O)c1ccc(I)cc1. The van der Waals surface area contributed by atoms with E-state index >= 15 is 0 Å². The molecule has 0 aliphatic rings. The van der Waals surface area contributed by atoms with Crippen LogP contribution in [0.25, 0.3) is 0 Å². The van der Waals surface area contributed by atoms with Crippen molar-refractivity contribution in [2.45, 2.75) is 12.8 Å². The third-order valence-electron chi connectivity index (χ3n) is 1.73. The molecular formula is C10H9IO3. The van der Waals surface area contributed by atoms with Gasteiger partial charge in [-0.1, -0.05) is 12.1 Å². The van der Waals surface area contributed by atoms with E-state index in [9.17, 15) is 9.59 Å². The van der Waals surface area contributed by atoms with E-state index in [4.69, 9.17) is 5.11 Å². The molecule has 1 rings (SSSR count). The highest BCUT2D eigenvalue weighted by atomic mass is 127. The molecule has 0 aliphatic heterocycles. The van der Waals surface area contributed by atoms with Gasteiger partial charge in [0.25, 0.3) is 0 Å². The van der Waals surface area contributed by atoms with Gasteiger partial charge < -0.3 is 5.11 Å². The number of hydrogen-bond donors (Lipinski definition) is 1. The van der Waals surface area contributed by atoms with Crippen LogP contribution >= 0.6 is 22.6 Å². The molecule has 0 unspecified atom stereocenters. The molecule has 14 heavy (non-hydrogen) atoms. The average molecular weight is 304 g/mol. The number of carboxylic acid groups (broad SMARTS) is 1. The minimum absolute atomic E-state index is 0.0654. The molecule has 74 valence electrons. The summed E-state index contributed by atoms with van der Waals surface area (Å²) in [7, 11) is 0. The molecule has 0 aromatic heterocycles. The number of hydrogen-bond acceptors (Lipinski definition) is 2. The first-order valence-electron chi connectivity index (χ1n) is 4.10. The first-order chi connectivity index (χ1) is 6.59. The Balaban J connectivity index is 2.61. The summed E-state index contributed by atoms with van der Waals surface area (Å²) in [5.41, 5.74) is 0.576. The van der Waals surface area contributed by atoms with Gasteiger partial charge in [-0.2, -0.15) is 0 Å². The number of Topliss-reactive ketones (excluding diaryl/α,β-unsaturated/α-hetero) is 1. The first-order valence-corrected chi connectivity index (χ1v) is 5.18. The monoisotopic (exact) mass is 304 g/mol. The topological polar surface area (TPSA) is 54.4 Å². The van der Waals surface area contributed by atoms with Crippen molar-refractivity contribution in [3.8, 4) is 0 Å². The van der Waals surface area contributed by atoms with Gasteiger partial charge in [0.1, 0.15) is 0 Å². The van der Waals surface area contributed by atoms with E-state index in [1.54, 1.807) is 12.1 Å². The molecule has 0 atom stereocenters. The maximum Gasteiger partial charge on any atom is 0.303 e. The summed E-state index contributed by atoms with van der Waals surface area (Å²) in [5.74, 6) is -1.06. The molecule has 0 bridgehead atoms. The van der Waals surface area contributed by atoms with Crippen molar-refractivity contribution in [2.75, 3.05) is 0 Å². The van der Waals surface area contributed by atoms with Gasteiger partial charge in [0, 0.05) is 15.6 Å². The Morgan fingerprint density at radius 1 is 1.14 bits per heavy atom. The number of carbonyl (C=O) groups excluding carboxylic acids is 1. The zero-order chi connectivity index (χ0) is 10.6. The lowest BCUT2D eigenvalue weighted by Gasteiger charge is -1.98. The van der Waals surface area contributed by atoms with Gasteiger partial charge in [-0.05, 0) is 34.7 Å². The van der Waals surface area contributed by atoms with Crippen molar-refractivity contribution >= 4 is 34.3 Å². The number of carboxylic acids is 1. The minimum atomic E-state index is -0.941. The van der Waals surface area contributed by atoms with Crippen LogP contribution in [0.5, 0.6) is 0 Å². The van der Waals surface area contributed by atoms with E-state index in [0.717, 1.165) is 3.57 Å². The highest BCUT2D eigenvalue weighted by Gasteiger charge is 2.07. The standard InChI is InChI=1S/C10H9IO3/c11-8-3-1-7(2-4-8)9(12)5-6-10(13)14/h1-4H,5-6H2,(H,13,14). The van der Waals surface area contributed by atoms with Crippen LogP contribution in [0.4, 0.5) is 0 Å². The van der Waals surface area contributed by atoms with Crippen LogP contribution in [0.15, 0.2) is 24.3 Å². The summed E-state index contributed by atoms with van der Waals surface area (Å²) >= 11 is 2.15. The molecule has 1 aromatic rings. The summed E-state index contributed by atoms with van der Waals surface area (Å²) in [6.07, 6.45) is -0.0409. The van der Waals surface area contributed by atoms with E-state index in [-0.39, 0.29) is 18.6 Å². The highest BCUT2D eigenvalue weighted by molar-refractivity contribution is 14.1. The molecule has 0 amide bonds. The Labute approximate surface area is 95.3 Å². The lowest BCUT2D eigenvalue weighted by atomic mass is 10.1. The molecule has 1 N–H and O–H groups in total. The van der Waals surface area contributed by atoms with E-state index in [0.29, 0.717) is 5.56 Å². The van der Waals surface area contributed by atoms with Crippen LogP contribution in [0, 0.1) is 3.57 Å². The third-order valence-corrected chi connectivity index (χ3v) is 2.45. The van der Waals surface area contributed by atoms with Gasteiger partial charge in [0.2, 0.25) is 0 Å². The van der Waals surface area contributed by atoms with Gasteiger partial charge in [-0.15, -0.1) is 0 Å². The largest absolute Gasteiger partial charge is 0.481 e. The van der Waals surface area contributed by atoms with Gasteiger partial charge in [-0.25, -0.2) is 0 Å². The van der Waals surface area contributed by atoms with Crippen molar-refractivity contribution in [3.05, 3.63) is 33.4 Å². The molecule has 0 radical (unpaired) electrons. The van der Waals surface area contributed by atoms with E-state index < -0.39 is 5.97 Å². The fourth-order valence-corrected chi connectivity index (χ4v) is 1.36. The predicted octanol–water partition coefficient (Wildman–Crippen LogP) is 2.34. The molecular weight excluding hydrogens is 295 g/mol. The molecule has 4 heteroatoms. The lowest BCUT2D eigenvalue weighted by molar-refractivity contribution is -0.136. The van der Waals surface area contributed by atoms with E-state index in [1.807, 2.05) is 12.1 Å². The van der Waals surface area contributed by atoms with Crippen LogP contribution in [-0.2, 0) is 4.79 Å². The summed E-state index contributed by atoms with van der Waals surface area (Å²) in [6, 6.07) is 7.08. The number of aliphatic carboxylic acids is 1. The second kappa shape index (κ2) is 5.09. The molecule has 0 fully saturated rings. The fraction of sp³-hybridized carbons (Fsp3) is 0.200. The third kappa shape index (κ3) is 3.45. The van der Waals surface area contributed by atoms with E-state index in [2.05, 4.69) is 22.6 Å².